The molecule has 0 radical (unpaired) electrons. The molecule has 0 aromatic heterocycles. The summed E-state index contributed by atoms with van der Waals surface area (Å²) in [5, 5.41) is 2.98. The van der Waals surface area contributed by atoms with E-state index in [1.807, 2.05) is 80.6 Å². The third kappa shape index (κ3) is 8.62. The monoisotopic (exact) mass is 481 g/mol. The number of carbonyl (C=O) groups excluding carboxylic acids is 1. The fourth-order valence-corrected chi connectivity index (χ4v) is 3.83. The highest BCUT2D eigenvalue weighted by molar-refractivity contribution is 5.77. The molecule has 4 rings (SSSR count). The second-order valence-electron chi connectivity index (χ2n) is 8.05. The summed E-state index contributed by atoms with van der Waals surface area (Å²) in [5.74, 6) is 1.48. The molecule has 0 aliphatic carbocycles. The minimum Gasteiger partial charge on any atom is -0.489 e. The molecule has 0 heterocycles. The zero-order valence-corrected chi connectivity index (χ0v) is 21.1. The van der Waals surface area contributed by atoms with Crippen molar-refractivity contribution in [2.24, 2.45) is 0 Å². The van der Waals surface area contributed by atoms with Crippen LogP contribution in [0.25, 0.3) is 0 Å². The topological polar surface area (TPSA) is 47.6 Å². The molecule has 0 saturated carbocycles. The number of rotatable bonds is 11. The Bertz CT molecular complexity index is 1090. The van der Waals surface area contributed by atoms with Gasteiger partial charge in [0, 0.05) is 12.5 Å². The maximum Gasteiger partial charge on any atom is 0.257 e. The lowest BCUT2D eigenvalue weighted by atomic mass is 9.88. The number of benzene rings is 4. The van der Waals surface area contributed by atoms with Gasteiger partial charge in [-0.1, -0.05) is 105 Å². The van der Waals surface area contributed by atoms with Crippen molar-refractivity contribution >= 4 is 5.91 Å². The van der Waals surface area contributed by atoms with E-state index in [0.29, 0.717) is 18.9 Å². The fraction of sp³-hybridized carbons (Fsp3) is 0.219. The lowest BCUT2D eigenvalue weighted by molar-refractivity contribution is -0.123. The normalized spacial score (nSPS) is 10.2. The summed E-state index contributed by atoms with van der Waals surface area (Å²) in [7, 11) is 0. The number of hydrogen-bond donors (Lipinski definition) is 1. The second kappa shape index (κ2) is 15.0. The van der Waals surface area contributed by atoms with Crippen molar-refractivity contribution in [2.75, 3.05) is 13.2 Å². The van der Waals surface area contributed by atoms with Crippen LogP contribution in [0.15, 0.2) is 115 Å². The van der Waals surface area contributed by atoms with Gasteiger partial charge in [0.1, 0.15) is 18.1 Å². The summed E-state index contributed by atoms with van der Waals surface area (Å²) < 4.78 is 11.4. The average molecular weight is 482 g/mol. The Labute approximate surface area is 214 Å². The Hall–Kier alpha value is -4.05. The molecule has 0 bridgehead atoms. The zero-order chi connectivity index (χ0) is 25.4. The molecule has 186 valence electrons. The number of ether oxygens (including phenoxy) is 2. The second-order valence-corrected chi connectivity index (χ2v) is 8.05. The van der Waals surface area contributed by atoms with Crippen LogP contribution in [0.1, 0.15) is 42.9 Å². The van der Waals surface area contributed by atoms with Crippen molar-refractivity contribution < 1.29 is 14.3 Å². The van der Waals surface area contributed by atoms with E-state index >= 15 is 0 Å². The predicted molar refractivity (Wildman–Crippen MR) is 146 cm³/mol. The van der Waals surface area contributed by atoms with Gasteiger partial charge in [0.05, 0.1) is 0 Å². The molecule has 0 fully saturated rings. The third-order valence-electron chi connectivity index (χ3n) is 5.60. The highest BCUT2D eigenvalue weighted by Crippen LogP contribution is 2.27. The van der Waals surface area contributed by atoms with Crippen molar-refractivity contribution in [2.45, 2.75) is 32.8 Å². The van der Waals surface area contributed by atoms with Crippen molar-refractivity contribution in [3.63, 3.8) is 0 Å². The maximum absolute atomic E-state index is 12.3. The lowest BCUT2D eigenvalue weighted by Gasteiger charge is -2.18. The molecule has 1 N–H and O–H groups in total. The molecule has 0 aliphatic heterocycles. The molecule has 0 unspecified atom stereocenters. The van der Waals surface area contributed by atoms with E-state index in [1.54, 1.807) is 0 Å². The first-order chi connectivity index (χ1) is 17.8. The fourth-order valence-electron chi connectivity index (χ4n) is 3.83. The molecule has 4 heteroatoms. The number of hydrogen-bond acceptors (Lipinski definition) is 3. The Morgan fingerprint density at radius 2 is 1.14 bits per heavy atom. The van der Waals surface area contributed by atoms with Gasteiger partial charge < -0.3 is 14.8 Å². The highest BCUT2D eigenvalue weighted by Gasteiger charge is 2.14. The molecule has 36 heavy (non-hydrogen) atoms. The van der Waals surface area contributed by atoms with Crippen LogP contribution in [-0.4, -0.2) is 19.1 Å². The highest BCUT2D eigenvalue weighted by atomic mass is 16.5. The number of carbonyl (C=O) groups is 1. The Morgan fingerprint density at radius 3 is 1.67 bits per heavy atom. The van der Waals surface area contributed by atoms with E-state index in [-0.39, 0.29) is 18.4 Å². The molecule has 0 atom stereocenters. The Balaban J connectivity index is 0.00000176. The van der Waals surface area contributed by atoms with Crippen LogP contribution in [0.4, 0.5) is 0 Å². The molecule has 4 aromatic rings. The first kappa shape index (κ1) is 26.6. The first-order valence-electron chi connectivity index (χ1n) is 12.5. The summed E-state index contributed by atoms with van der Waals surface area (Å²) in [5.41, 5.74) is 3.60. The third-order valence-corrected chi connectivity index (χ3v) is 5.60. The summed E-state index contributed by atoms with van der Waals surface area (Å²) in [6.45, 7) is 5.06. The van der Waals surface area contributed by atoms with Crippen LogP contribution >= 0.6 is 0 Å². The van der Waals surface area contributed by atoms with Gasteiger partial charge in [-0.05, 0) is 47.4 Å². The largest absolute Gasteiger partial charge is 0.489 e. The molecule has 0 aliphatic rings. The van der Waals surface area contributed by atoms with E-state index < -0.39 is 0 Å². The van der Waals surface area contributed by atoms with E-state index in [2.05, 4.69) is 53.8 Å². The van der Waals surface area contributed by atoms with Crippen molar-refractivity contribution in [1.82, 2.24) is 5.32 Å². The van der Waals surface area contributed by atoms with Crippen molar-refractivity contribution in [3.05, 3.63) is 132 Å². The van der Waals surface area contributed by atoms with Gasteiger partial charge >= 0.3 is 0 Å². The van der Waals surface area contributed by atoms with Crippen molar-refractivity contribution in [3.8, 4) is 11.5 Å². The smallest absolute Gasteiger partial charge is 0.257 e. The minimum absolute atomic E-state index is 0.0223. The summed E-state index contributed by atoms with van der Waals surface area (Å²) >= 11 is 0. The maximum atomic E-state index is 12.3. The van der Waals surface area contributed by atoms with Gasteiger partial charge in [-0.2, -0.15) is 0 Å². The van der Waals surface area contributed by atoms with E-state index in [4.69, 9.17) is 9.47 Å². The molecular formula is C32H35NO3. The van der Waals surface area contributed by atoms with Gasteiger partial charge in [0.15, 0.2) is 6.61 Å². The first-order valence-corrected chi connectivity index (χ1v) is 12.5. The molecule has 4 nitrogen and oxygen atoms in total. The van der Waals surface area contributed by atoms with Crippen LogP contribution in [-0.2, 0) is 11.4 Å². The zero-order valence-electron chi connectivity index (χ0n) is 21.1. The SMILES string of the molecule is CC.O=C(COc1ccc(OCc2ccccc2)cc1)NCCC(c1ccccc1)c1ccccc1. The van der Waals surface area contributed by atoms with E-state index in [0.717, 1.165) is 17.7 Å². The van der Waals surface area contributed by atoms with Gasteiger partial charge in [-0.3, -0.25) is 4.79 Å². The molecule has 4 aromatic carbocycles. The Kier molecular flexibility index (Phi) is 11.1. The van der Waals surface area contributed by atoms with Crippen LogP contribution < -0.4 is 14.8 Å². The standard InChI is InChI=1S/C30H29NO3.C2H6/c32-30(23-34-28-18-16-27(17-19-28)33-22-24-10-4-1-5-11-24)31-21-20-29(25-12-6-2-7-13-25)26-14-8-3-9-15-26;1-2/h1-19,29H,20-23H2,(H,31,32);1-2H3. The average Bonchev–Trinajstić information content (AvgIpc) is 2.96. The van der Waals surface area contributed by atoms with Crippen molar-refractivity contribution in [1.29, 1.82) is 0 Å². The van der Waals surface area contributed by atoms with Crippen LogP contribution in [0, 0.1) is 0 Å². The van der Waals surface area contributed by atoms with Crippen LogP contribution in [0.3, 0.4) is 0 Å². The lowest BCUT2D eigenvalue weighted by Crippen LogP contribution is -2.30. The van der Waals surface area contributed by atoms with Gasteiger partial charge in [-0.15, -0.1) is 0 Å². The number of nitrogens with one attached hydrogen (secondary N) is 1. The quantitative estimate of drug-likeness (QED) is 0.251. The predicted octanol–water partition coefficient (Wildman–Crippen LogP) is 7.01. The van der Waals surface area contributed by atoms with Crippen LogP contribution in [0.2, 0.25) is 0 Å². The molecule has 1 amide bonds. The Morgan fingerprint density at radius 1 is 0.667 bits per heavy atom. The summed E-state index contributed by atoms with van der Waals surface area (Å²) in [4.78, 5) is 12.3. The molecular weight excluding hydrogens is 446 g/mol. The summed E-state index contributed by atoms with van der Waals surface area (Å²) in [6, 6.07) is 38.1. The number of amides is 1. The van der Waals surface area contributed by atoms with Gasteiger partial charge in [-0.25, -0.2) is 0 Å². The van der Waals surface area contributed by atoms with Gasteiger partial charge in [0.25, 0.3) is 5.91 Å². The summed E-state index contributed by atoms with van der Waals surface area (Å²) in [6.07, 6.45) is 0.813. The van der Waals surface area contributed by atoms with E-state index in [1.165, 1.54) is 11.1 Å². The minimum atomic E-state index is -0.135. The van der Waals surface area contributed by atoms with Crippen LogP contribution in [0.5, 0.6) is 11.5 Å². The van der Waals surface area contributed by atoms with Gasteiger partial charge in [0.2, 0.25) is 0 Å². The molecule has 0 saturated heterocycles. The van der Waals surface area contributed by atoms with E-state index in [9.17, 15) is 4.79 Å². The molecule has 0 spiro atoms.